The van der Waals surface area contributed by atoms with Crippen molar-refractivity contribution < 1.29 is 37.0 Å². The summed E-state index contributed by atoms with van der Waals surface area (Å²) in [6, 6.07) is 0.283. The SMILES string of the molecule is Nc1ccn([C@@H]2C=C(F)C(C(F)(F)F)C2)c(=O)n1.O=P(O)(O)CO. The highest BCUT2D eigenvalue weighted by Crippen LogP contribution is 2.43. The average Bonchev–Trinajstić information content (AvgIpc) is 2.80. The second kappa shape index (κ2) is 7.43. The summed E-state index contributed by atoms with van der Waals surface area (Å²) >= 11 is 0. The minimum absolute atomic E-state index is 0.0360. The van der Waals surface area contributed by atoms with Crippen LogP contribution in [0.2, 0.25) is 0 Å². The number of halogens is 4. The molecule has 1 aliphatic carbocycles. The molecule has 2 rings (SSSR count). The molecule has 0 aromatic carbocycles. The van der Waals surface area contributed by atoms with Gasteiger partial charge in [-0.2, -0.15) is 18.2 Å². The summed E-state index contributed by atoms with van der Waals surface area (Å²) in [6.45, 7) is 0. The normalized spacial score (nSPS) is 21.0. The third-order valence-corrected chi connectivity index (χ3v) is 3.32. The van der Waals surface area contributed by atoms with Gasteiger partial charge in [-0.1, -0.05) is 0 Å². The van der Waals surface area contributed by atoms with Gasteiger partial charge in [0.25, 0.3) is 0 Å². The van der Waals surface area contributed by atoms with E-state index in [1.807, 2.05) is 0 Å². The second-order valence-electron chi connectivity index (χ2n) is 4.80. The molecule has 0 saturated heterocycles. The molecule has 1 heterocycles. The fourth-order valence-corrected chi connectivity index (χ4v) is 1.88. The van der Waals surface area contributed by atoms with Crippen molar-refractivity contribution in [2.45, 2.75) is 18.6 Å². The molecule has 0 fully saturated rings. The molecule has 5 N–H and O–H groups in total. The van der Waals surface area contributed by atoms with Gasteiger partial charge in [-0.15, -0.1) is 0 Å². The lowest BCUT2D eigenvalue weighted by Gasteiger charge is -2.16. The van der Waals surface area contributed by atoms with E-state index >= 15 is 0 Å². The first-order valence-corrected chi connectivity index (χ1v) is 8.09. The highest BCUT2D eigenvalue weighted by molar-refractivity contribution is 7.51. The summed E-state index contributed by atoms with van der Waals surface area (Å²) in [4.78, 5) is 30.2. The van der Waals surface area contributed by atoms with Crippen LogP contribution < -0.4 is 11.4 Å². The maximum atomic E-state index is 13.2. The molecule has 13 heteroatoms. The van der Waals surface area contributed by atoms with Crippen molar-refractivity contribution in [3.05, 3.63) is 34.7 Å². The van der Waals surface area contributed by atoms with Gasteiger partial charge >= 0.3 is 19.5 Å². The standard InChI is InChI=1S/C10H9F4N3O.CH5O4P/c11-7-4-5(3-6(7)10(12,13)14)17-2-1-8(15)16-9(17)18;2-1-6(3,4)5/h1-2,4-6H,3H2,(H2,15,16,18);2H,1H2,(H2,3,4,5)/t5-,6?;/m0./s1. The number of anilines is 1. The number of allylic oxidation sites excluding steroid dienone is 2. The van der Waals surface area contributed by atoms with E-state index < -0.39 is 50.0 Å². The number of hydrogen-bond acceptors (Lipinski definition) is 5. The van der Waals surface area contributed by atoms with E-state index in [1.165, 1.54) is 12.3 Å². The Kier molecular flexibility index (Phi) is 6.28. The zero-order chi connectivity index (χ0) is 18.7. The number of aliphatic hydroxyl groups excluding tert-OH is 1. The van der Waals surface area contributed by atoms with Crippen molar-refractivity contribution in [2.75, 3.05) is 12.1 Å². The summed E-state index contributed by atoms with van der Waals surface area (Å²) in [5.74, 6) is -3.46. The first-order chi connectivity index (χ1) is 10.8. The van der Waals surface area contributed by atoms with Gasteiger partial charge in [0.1, 0.15) is 23.9 Å². The number of aromatic nitrogens is 2. The molecule has 1 aliphatic rings. The molecule has 0 spiro atoms. The Balaban J connectivity index is 0.000000413. The minimum atomic E-state index is -4.65. The van der Waals surface area contributed by atoms with Crippen molar-refractivity contribution >= 4 is 13.4 Å². The molecule has 2 atom stereocenters. The van der Waals surface area contributed by atoms with E-state index in [4.69, 9.17) is 20.6 Å². The molecule has 1 unspecified atom stereocenters. The zero-order valence-electron chi connectivity index (χ0n) is 11.9. The number of nitrogens with zero attached hydrogens (tertiary/aromatic N) is 2. The lowest BCUT2D eigenvalue weighted by atomic mass is 10.1. The van der Waals surface area contributed by atoms with E-state index in [1.54, 1.807) is 0 Å². The fraction of sp³-hybridized carbons (Fsp3) is 0.455. The van der Waals surface area contributed by atoms with Crippen LogP contribution in [0, 0.1) is 5.92 Å². The van der Waals surface area contributed by atoms with Gasteiger partial charge in [-0.05, 0) is 18.6 Å². The lowest BCUT2D eigenvalue weighted by molar-refractivity contribution is -0.168. The van der Waals surface area contributed by atoms with Gasteiger partial charge in [0.2, 0.25) is 0 Å². The number of hydrogen-bond donors (Lipinski definition) is 4. The Bertz CT molecular complexity index is 714. The Morgan fingerprint density at radius 3 is 2.33 bits per heavy atom. The molecule has 0 radical (unpaired) electrons. The van der Waals surface area contributed by atoms with E-state index in [2.05, 4.69) is 4.98 Å². The Hall–Kier alpha value is -1.75. The van der Waals surface area contributed by atoms with Crippen LogP contribution in [0.5, 0.6) is 0 Å². The van der Waals surface area contributed by atoms with E-state index in [0.717, 1.165) is 10.6 Å². The molecule has 1 aromatic heterocycles. The largest absolute Gasteiger partial charge is 0.398 e. The Morgan fingerprint density at radius 2 is 1.96 bits per heavy atom. The molecule has 0 amide bonds. The Labute approximate surface area is 132 Å². The van der Waals surface area contributed by atoms with Gasteiger partial charge in [-0.25, -0.2) is 9.18 Å². The van der Waals surface area contributed by atoms with Gasteiger partial charge < -0.3 is 20.6 Å². The molecule has 0 bridgehead atoms. The van der Waals surface area contributed by atoms with Crippen LogP contribution >= 0.6 is 7.60 Å². The monoisotopic (exact) mass is 375 g/mol. The Morgan fingerprint density at radius 1 is 1.42 bits per heavy atom. The molecule has 24 heavy (non-hydrogen) atoms. The van der Waals surface area contributed by atoms with E-state index in [0.29, 0.717) is 0 Å². The number of nitrogen functional groups attached to an aromatic ring is 1. The number of alkyl halides is 3. The number of aliphatic hydroxyl groups is 1. The molecule has 1 aromatic rings. The van der Waals surface area contributed by atoms with Crippen LogP contribution in [-0.4, -0.2) is 37.0 Å². The molecular weight excluding hydrogens is 361 g/mol. The second-order valence-corrected chi connectivity index (χ2v) is 6.41. The summed E-state index contributed by atoms with van der Waals surface area (Å²) < 4.78 is 61.0. The summed E-state index contributed by atoms with van der Waals surface area (Å²) in [7, 11) is -4.09. The van der Waals surface area contributed by atoms with Crippen molar-refractivity contribution in [3.63, 3.8) is 0 Å². The molecular formula is C11H14F4N3O5P. The van der Waals surface area contributed by atoms with Crippen LogP contribution in [0.15, 0.2) is 29.0 Å². The van der Waals surface area contributed by atoms with E-state index in [9.17, 15) is 26.9 Å². The number of rotatable bonds is 2. The maximum absolute atomic E-state index is 13.2. The van der Waals surface area contributed by atoms with Crippen molar-refractivity contribution in [2.24, 2.45) is 5.92 Å². The maximum Gasteiger partial charge on any atom is 0.398 e. The topological polar surface area (TPSA) is 139 Å². The first kappa shape index (κ1) is 20.3. The summed E-state index contributed by atoms with van der Waals surface area (Å²) in [5.41, 5.74) is 4.46. The van der Waals surface area contributed by atoms with Gasteiger partial charge in [0.15, 0.2) is 0 Å². The quantitative estimate of drug-likeness (QED) is 0.445. The highest BCUT2D eigenvalue weighted by atomic mass is 31.2. The van der Waals surface area contributed by atoms with Gasteiger partial charge in [-0.3, -0.25) is 9.13 Å². The fourth-order valence-electron chi connectivity index (χ4n) is 1.88. The molecule has 0 saturated carbocycles. The van der Waals surface area contributed by atoms with Crippen LogP contribution in [-0.2, 0) is 4.57 Å². The van der Waals surface area contributed by atoms with Crippen molar-refractivity contribution in [1.29, 1.82) is 0 Å². The smallest absolute Gasteiger partial charge is 0.384 e. The predicted octanol–water partition coefficient (Wildman–Crippen LogP) is 0.916. The zero-order valence-corrected chi connectivity index (χ0v) is 12.8. The van der Waals surface area contributed by atoms with E-state index in [-0.39, 0.29) is 5.82 Å². The lowest BCUT2D eigenvalue weighted by Crippen LogP contribution is -2.28. The van der Waals surface area contributed by atoms with Crippen LogP contribution in [0.1, 0.15) is 12.5 Å². The molecule has 136 valence electrons. The highest BCUT2D eigenvalue weighted by Gasteiger charge is 2.47. The minimum Gasteiger partial charge on any atom is -0.384 e. The molecule has 8 nitrogen and oxygen atoms in total. The average molecular weight is 375 g/mol. The van der Waals surface area contributed by atoms with Crippen LogP contribution in [0.4, 0.5) is 23.4 Å². The van der Waals surface area contributed by atoms with Crippen LogP contribution in [0.3, 0.4) is 0 Å². The summed E-state index contributed by atoms with van der Waals surface area (Å²) in [6.07, 6.45) is -4.26. The van der Waals surface area contributed by atoms with Crippen molar-refractivity contribution in [3.8, 4) is 0 Å². The predicted molar refractivity (Wildman–Crippen MR) is 74.4 cm³/mol. The van der Waals surface area contributed by atoms with Gasteiger partial charge in [0.05, 0.1) is 6.04 Å². The third-order valence-electron chi connectivity index (χ3n) is 2.95. The third kappa shape index (κ3) is 5.71. The van der Waals surface area contributed by atoms with Crippen LogP contribution in [0.25, 0.3) is 0 Å². The first-order valence-electron chi connectivity index (χ1n) is 6.29. The number of nitrogens with two attached hydrogens (primary N) is 1. The van der Waals surface area contributed by atoms with Gasteiger partial charge in [0, 0.05) is 6.20 Å². The molecule has 0 aliphatic heterocycles. The van der Waals surface area contributed by atoms with Crippen molar-refractivity contribution in [1.82, 2.24) is 9.55 Å². The summed E-state index contributed by atoms with van der Waals surface area (Å²) in [5, 5.41) is 7.64.